The number of aliphatic hydroxyl groups excluding tert-OH is 1. The van der Waals surface area contributed by atoms with E-state index in [1.54, 1.807) is 24.3 Å². The average Bonchev–Trinajstić information content (AvgIpc) is 2.53. The fourth-order valence-electron chi connectivity index (χ4n) is 3.15. The number of ether oxygens (including phenoxy) is 3. The molecule has 2 aliphatic heterocycles. The standard InChI is InChI=1S/C17H22O5/c18-14-10-15(22-17(11-14)8-4-5-9-21-17)12-20-16(19)13-6-2-1-3-7-13/h1-3,6-7,14-15,18H,4-5,8-12H2/t14-,15+,17-/m1/s1. The summed E-state index contributed by atoms with van der Waals surface area (Å²) >= 11 is 0. The summed E-state index contributed by atoms with van der Waals surface area (Å²) < 4.78 is 17.1. The molecule has 0 unspecified atom stereocenters. The van der Waals surface area contributed by atoms with Crippen molar-refractivity contribution in [2.45, 2.75) is 50.1 Å². The predicted octanol–water partition coefficient (Wildman–Crippen LogP) is 2.28. The third kappa shape index (κ3) is 3.66. The van der Waals surface area contributed by atoms with Crippen LogP contribution in [-0.2, 0) is 14.2 Å². The van der Waals surface area contributed by atoms with Gasteiger partial charge in [0.1, 0.15) is 6.61 Å². The molecule has 120 valence electrons. The predicted molar refractivity (Wildman–Crippen MR) is 79.4 cm³/mol. The lowest BCUT2D eigenvalue weighted by atomic mass is 9.93. The maximum absolute atomic E-state index is 12.0. The number of esters is 1. The Bertz CT molecular complexity index is 495. The largest absolute Gasteiger partial charge is 0.459 e. The van der Waals surface area contributed by atoms with E-state index in [1.807, 2.05) is 6.07 Å². The highest BCUT2D eigenvalue weighted by molar-refractivity contribution is 5.89. The van der Waals surface area contributed by atoms with E-state index in [9.17, 15) is 9.90 Å². The maximum Gasteiger partial charge on any atom is 0.338 e. The van der Waals surface area contributed by atoms with Crippen LogP contribution in [-0.4, -0.2) is 42.3 Å². The first-order chi connectivity index (χ1) is 10.7. The summed E-state index contributed by atoms with van der Waals surface area (Å²) in [6.07, 6.45) is 3.00. The molecule has 0 aromatic heterocycles. The molecule has 5 heteroatoms. The summed E-state index contributed by atoms with van der Waals surface area (Å²) in [7, 11) is 0. The summed E-state index contributed by atoms with van der Waals surface area (Å²) in [6, 6.07) is 8.86. The van der Waals surface area contributed by atoms with Gasteiger partial charge in [0.2, 0.25) is 0 Å². The molecule has 2 aliphatic rings. The van der Waals surface area contributed by atoms with Crippen LogP contribution >= 0.6 is 0 Å². The van der Waals surface area contributed by atoms with Crippen LogP contribution in [0.25, 0.3) is 0 Å². The first kappa shape index (κ1) is 15.5. The Kier molecular flexibility index (Phi) is 4.76. The second kappa shape index (κ2) is 6.77. The van der Waals surface area contributed by atoms with Gasteiger partial charge < -0.3 is 19.3 Å². The first-order valence-electron chi connectivity index (χ1n) is 7.89. The molecule has 2 fully saturated rings. The normalized spacial score (nSPS) is 31.9. The highest BCUT2D eigenvalue weighted by atomic mass is 16.7. The summed E-state index contributed by atoms with van der Waals surface area (Å²) in [5, 5.41) is 10.1. The van der Waals surface area contributed by atoms with Crippen LogP contribution in [0.15, 0.2) is 30.3 Å². The fourth-order valence-corrected chi connectivity index (χ4v) is 3.15. The van der Waals surface area contributed by atoms with Crippen LogP contribution in [0.4, 0.5) is 0 Å². The maximum atomic E-state index is 12.0. The van der Waals surface area contributed by atoms with Gasteiger partial charge in [0.15, 0.2) is 5.79 Å². The molecule has 1 N–H and O–H groups in total. The van der Waals surface area contributed by atoms with E-state index in [1.165, 1.54) is 0 Å². The van der Waals surface area contributed by atoms with Crippen molar-refractivity contribution in [2.24, 2.45) is 0 Å². The van der Waals surface area contributed by atoms with Crippen molar-refractivity contribution in [1.29, 1.82) is 0 Å². The van der Waals surface area contributed by atoms with Crippen molar-refractivity contribution in [3.63, 3.8) is 0 Å². The third-order valence-electron chi connectivity index (χ3n) is 4.19. The summed E-state index contributed by atoms with van der Waals surface area (Å²) in [6.45, 7) is 0.791. The van der Waals surface area contributed by atoms with Crippen molar-refractivity contribution in [1.82, 2.24) is 0 Å². The molecule has 0 saturated carbocycles. The topological polar surface area (TPSA) is 65.0 Å². The van der Waals surface area contributed by atoms with Gasteiger partial charge in [-0.15, -0.1) is 0 Å². The number of carbonyl (C=O) groups is 1. The zero-order valence-corrected chi connectivity index (χ0v) is 12.6. The van der Waals surface area contributed by atoms with E-state index in [0.717, 1.165) is 19.3 Å². The Morgan fingerprint density at radius 2 is 2.14 bits per heavy atom. The number of rotatable bonds is 3. The lowest BCUT2D eigenvalue weighted by Crippen LogP contribution is -2.51. The highest BCUT2D eigenvalue weighted by Gasteiger charge is 2.43. The van der Waals surface area contributed by atoms with Gasteiger partial charge in [-0.25, -0.2) is 4.79 Å². The minimum Gasteiger partial charge on any atom is -0.459 e. The van der Waals surface area contributed by atoms with Crippen LogP contribution < -0.4 is 0 Å². The second-order valence-electron chi connectivity index (χ2n) is 6.01. The van der Waals surface area contributed by atoms with Gasteiger partial charge in [0, 0.05) is 19.3 Å². The van der Waals surface area contributed by atoms with Crippen LogP contribution in [0, 0.1) is 0 Å². The Morgan fingerprint density at radius 1 is 1.32 bits per heavy atom. The second-order valence-corrected chi connectivity index (χ2v) is 6.01. The Morgan fingerprint density at radius 3 is 2.86 bits per heavy atom. The lowest BCUT2D eigenvalue weighted by Gasteiger charge is -2.44. The van der Waals surface area contributed by atoms with Crippen LogP contribution in [0.3, 0.4) is 0 Å². The van der Waals surface area contributed by atoms with E-state index in [2.05, 4.69) is 0 Å². The lowest BCUT2D eigenvalue weighted by molar-refractivity contribution is -0.312. The van der Waals surface area contributed by atoms with Gasteiger partial charge in [-0.3, -0.25) is 0 Å². The molecule has 0 amide bonds. The zero-order chi connectivity index (χ0) is 15.4. The van der Waals surface area contributed by atoms with Crippen LogP contribution in [0.2, 0.25) is 0 Å². The van der Waals surface area contributed by atoms with E-state index in [-0.39, 0.29) is 18.7 Å². The van der Waals surface area contributed by atoms with E-state index in [0.29, 0.717) is 25.0 Å². The molecular formula is C17H22O5. The van der Waals surface area contributed by atoms with Crippen molar-refractivity contribution >= 4 is 5.97 Å². The van der Waals surface area contributed by atoms with Gasteiger partial charge in [0.05, 0.1) is 24.4 Å². The SMILES string of the molecule is O=C(OC[C@@H]1C[C@@H](O)C[C@@]2(CCCCO2)O1)c1ccccc1. The molecule has 1 aromatic carbocycles. The van der Waals surface area contributed by atoms with E-state index < -0.39 is 11.9 Å². The molecule has 3 rings (SSSR count). The molecule has 1 aromatic rings. The van der Waals surface area contributed by atoms with Crippen molar-refractivity contribution in [2.75, 3.05) is 13.2 Å². The smallest absolute Gasteiger partial charge is 0.338 e. The van der Waals surface area contributed by atoms with Gasteiger partial charge >= 0.3 is 5.97 Å². The summed E-state index contributed by atoms with van der Waals surface area (Å²) in [5.41, 5.74) is 0.516. The molecule has 0 aliphatic carbocycles. The van der Waals surface area contributed by atoms with Gasteiger partial charge in [-0.05, 0) is 25.0 Å². The number of benzene rings is 1. The molecule has 2 saturated heterocycles. The summed E-state index contributed by atoms with van der Waals surface area (Å²) in [5.74, 6) is -1.07. The van der Waals surface area contributed by atoms with E-state index >= 15 is 0 Å². The van der Waals surface area contributed by atoms with Crippen molar-refractivity contribution in [3.8, 4) is 0 Å². The molecule has 0 bridgehead atoms. The minimum absolute atomic E-state index is 0.135. The Hall–Kier alpha value is -1.43. The molecule has 22 heavy (non-hydrogen) atoms. The Balaban J connectivity index is 1.56. The summed E-state index contributed by atoms with van der Waals surface area (Å²) in [4.78, 5) is 12.0. The molecule has 2 heterocycles. The molecular weight excluding hydrogens is 284 g/mol. The molecule has 3 atom stereocenters. The quantitative estimate of drug-likeness (QED) is 0.868. The number of aliphatic hydroxyl groups is 1. The number of hydrogen-bond acceptors (Lipinski definition) is 5. The monoisotopic (exact) mass is 306 g/mol. The zero-order valence-electron chi connectivity index (χ0n) is 12.6. The number of hydrogen-bond donors (Lipinski definition) is 1. The van der Waals surface area contributed by atoms with Crippen molar-refractivity contribution in [3.05, 3.63) is 35.9 Å². The van der Waals surface area contributed by atoms with Crippen LogP contribution in [0.5, 0.6) is 0 Å². The van der Waals surface area contributed by atoms with Gasteiger partial charge in [-0.2, -0.15) is 0 Å². The van der Waals surface area contributed by atoms with Crippen LogP contribution in [0.1, 0.15) is 42.5 Å². The fraction of sp³-hybridized carbons (Fsp3) is 0.588. The van der Waals surface area contributed by atoms with Gasteiger partial charge in [-0.1, -0.05) is 18.2 Å². The first-order valence-corrected chi connectivity index (χ1v) is 7.89. The average molecular weight is 306 g/mol. The number of carbonyl (C=O) groups excluding carboxylic acids is 1. The van der Waals surface area contributed by atoms with Crippen molar-refractivity contribution < 1.29 is 24.1 Å². The molecule has 1 spiro atoms. The highest BCUT2D eigenvalue weighted by Crippen LogP contribution is 2.37. The van der Waals surface area contributed by atoms with Gasteiger partial charge in [0.25, 0.3) is 0 Å². The third-order valence-corrected chi connectivity index (χ3v) is 4.19. The minimum atomic E-state index is -0.695. The Labute approximate surface area is 130 Å². The molecule has 5 nitrogen and oxygen atoms in total. The molecule has 0 radical (unpaired) electrons. The van der Waals surface area contributed by atoms with E-state index in [4.69, 9.17) is 14.2 Å².